The summed E-state index contributed by atoms with van der Waals surface area (Å²) in [5.74, 6) is -0.404. The quantitative estimate of drug-likeness (QED) is 0.808. The molecule has 0 aliphatic heterocycles. The molecular weight excluding hydrogens is 206 g/mol. The molecule has 16 heavy (non-hydrogen) atoms. The maximum atomic E-state index is 10.9. The highest BCUT2D eigenvalue weighted by Gasteiger charge is 2.17. The van der Waals surface area contributed by atoms with Gasteiger partial charge in [-0.15, -0.1) is 0 Å². The van der Waals surface area contributed by atoms with Crippen LogP contribution in [-0.2, 0) is 6.54 Å². The Labute approximate surface area is 95.9 Å². The van der Waals surface area contributed by atoms with Crippen molar-refractivity contribution in [3.8, 4) is 0 Å². The van der Waals surface area contributed by atoms with Crippen LogP contribution in [0.4, 0.5) is 0 Å². The molecule has 0 aromatic carbocycles. The van der Waals surface area contributed by atoms with Gasteiger partial charge in [0.05, 0.1) is 12.8 Å². The highest BCUT2D eigenvalue weighted by Crippen LogP contribution is 2.15. The molecule has 1 atom stereocenters. The molecule has 0 fully saturated rings. The minimum atomic E-state index is -0.930. The largest absolute Gasteiger partial charge is 0.478 e. The molecule has 1 heterocycles. The molecule has 0 saturated carbocycles. The zero-order valence-electron chi connectivity index (χ0n) is 10.1. The van der Waals surface area contributed by atoms with Gasteiger partial charge in [-0.1, -0.05) is 13.3 Å². The normalized spacial score (nSPS) is 13.0. The highest BCUT2D eigenvalue weighted by molar-refractivity contribution is 5.88. The molecule has 1 unspecified atom stereocenters. The Morgan fingerprint density at radius 3 is 2.88 bits per heavy atom. The van der Waals surface area contributed by atoms with Gasteiger partial charge in [0.2, 0.25) is 0 Å². The lowest BCUT2D eigenvalue weighted by Crippen LogP contribution is -2.28. The molecule has 0 aliphatic carbocycles. The fourth-order valence-corrected chi connectivity index (χ4v) is 1.67. The Kier molecular flexibility index (Phi) is 4.55. The van der Waals surface area contributed by atoms with Gasteiger partial charge in [0, 0.05) is 6.04 Å². The van der Waals surface area contributed by atoms with Crippen molar-refractivity contribution in [2.75, 3.05) is 7.05 Å². The van der Waals surface area contributed by atoms with Gasteiger partial charge in [0.1, 0.15) is 11.3 Å². The van der Waals surface area contributed by atoms with Gasteiger partial charge in [-0.05, 0) is 26.5 Å². The third-order valence-corrected chi connectivity index (χ3v) is 2.83. The maximum absolute atomic E-state index is 10.9. The molecule has 1 aromatic heterocycles. The smallest absolute Gasteiger partial charge is 0.339 e. The van der Waals surface area contributed by atoms with Gasteiger partial charge >= 0.3 is 5.97 Å². The molecule has 1 rings (SSSR count). The van der Waals surface area contributed by atoms with E-state index in [0.29, 0.717) is 18.3 Å². The zero-order chi connectivity index (χ0) is 12.1. The zero-order valence-corrected chi connectivity index (χ0v) is 10.1. The minimum Gasteiger partial charge on any atom is -0.478 e. The molecule has 4 heteroatoms. The lowest BCUT2D eigenvalue weighted by molar-refractivity contribution is 0.0692. The summed E-state index contributed by atoms with van der Waals surface area (Å²) in [6.45, 7) is 4.81. The molecular formula is C12H19NO3. The molecule has 0 amide bonds. The molecule has 90 valence electrons. The monoisotopic (exact) mass is 225 g/mol. The van der Waals surface area contributed by atoms with Crippen LogP contribution < -0.4 is 0 Å². The minimum absolute atomic E-state index is 0.260. The maximum Gasteiger partial charge on any atom is 0.339 e. The van der Waals surface area contributed by atoms with Crippen molar-refractivity contribution in [3.05, 3.63) is 23.7 Å². The van der Waals surface area contributed by atoms with E-state index in [9.17, 15) is 4.79 Å². The Morgan fingerprint density at radius 1 is 1.62 bits per heavy atom. The van der Waals surface area contributed by atoms with Crippen LogP contribution >= 0.6 is 0 Å². The van der Waals surface area contributed by atoms with Crippen molar-refractivity contribution in [2.24, 2.45) is 0 Å². The van der Waals surface area contributed by atoms with Gasteiger partial charge in [0.25, 0.3) is 0 Å². The first kappa shape index (κ1) is 12.8. The Morgan fingerprint density at radius 2 is 2.31 bits per heavy atom. The predicted molar refractivity (Wildman–Crippen MR) is 61.5 cm³/mol. The Hall–Kier alpha value is -1.29. The van der Waals surface area contributed by atoms with E-state index in [2.05, 4.69) is 18.7 Å². The lowest BCUT2D eigenvalue weighted by atomic mass is 10.1. The number of hydrogen-bond donors (Lipinski definition) is 1. The van der Waals surface area contributed by atoms with Gasteiger partial charge in [-0.25, -0.2) is 4.79 Å². The van der Waals surface area contributed by atoms with Crippen LogP contribution in [-0.4, -0.2) is 29.1 Å². The number of hydrogen-bond acceptors (Lipinski definition) is 3. The van der Waals surface area contributed by atoms with E-state index in [1.165, 1.54) is 12.3 Å². The summed E-state index contributed by atoms with van der Waals surface area (Å²) in [5, 5.41) is 8.93. The number of aromatic carboxylic acids is 1. The Bertz CT molecular complexity index is 346. The number of carboxylic acids is 1. The van der Waals surface area contributed by atoms with Crippen LogP contribution in [0.2, 0.25) is 0 Å². The summed E-state index contributed by atoms with van der Waals surface area (Å²) in [6.07, 6.45) is 3.65. The second-order valence-corrected chi connectivity index (χ2v) is 4.12. The fourth-order valence-electron chi connectivity index (χ4n) is 1.67. The first-order valence-corrected chi connectivity index (χ1v) is 5.56. The number of carboxylic acid groups (broad SMARTS) is 1. The first-order valence-electron chi connectivity index (χ1n) is 5.56. The van der Waals surface area contributed by atoms with Crippen molar-refractivity contribution >= 4 is 5.97 Å². The summed E-state index contributed by atoms with van der Waals surface area (Å²) >= 11 is 0. The van der Waals surface area contributed by atoms with Crippen LogP contribution in [0.25, 0.3) is 0 Å². The number of furan rings is 1. The molecule has 0 spiro atoms. The number of rotatable bonds is 6. The standard InChI is InChI=1S/C12H19NO3/c1-4-5-9(2)13(3)8-11-10(12(14)15)6-7-16-11/h6-7,9H,4-5,8H2,1-3H3,(H,14,15). The van der Waals surface area contributed by atoms with E-state index >= 15 is 0 Å². The molecule has 0 bridgehead atoms. The average molecular weight is 225 g/mol. The van der Waals surface area contributed by atoms with E-state index in [4.69, 9.17) is 9.52 Å². The van der Waals surface area contributed by atoms with E-state index in [1.54, 1.807) is 0 Å². The highest BCUT2D eigenvalue weighted by atomic mass is 16.4. The van der Waals surface area contributed by atoms with E-state index < -0.39 is 5.97 Å². The molecule has 0 aliphatic rings. The van der Waals surface area contributed by atoms with Crippen LogP contribution in [0.1, 0.15) is 42.8 Å². The summed E-state index contributed by atoms with van der Waals surface area (Å²) < 4.78 is 5.20. The van der Waals surface area contributed by atoms with Crippen LogP contribution in [0.15, 0.2) is 16.7 Å². The van der Waals surface area contributed by atoms with Gasteiger partial charge < -0.3 is 9.52 Å². The van der Waals surface area contributed by atoms with Crippen molar-refractivity contribution in [3.63, 3.8) is 0 Å². The van der Waals surface area contributed by atoms with Gasteiger partial charge in [-0.2, -0.15) is 0 Å². The topological polar surface area (TPSA) is 53.7 Å². The van der Waals surface area contributed by atoms with Crippen LogP contribution in [0.3, 0.4) is 0 Å². The predicted octanol–water partition coefficient (Wildman–Crippen LogP) is 2.60. The second-order valence-electron chi connectivity index (χ2n) is 4.12. The van der Waals surface area contributed by atoms with Crippen molar-refractivity contribution in [2.45, 2.75) is 39.3 Å². The van der Waals surface area contributed by atoms with Gasteiger partial charge in [-0.3, -0.25) is 4.90 Å². The molecule has 1 N–H and O–H groups in total. The molecule has 0 saturated heterocycles. The van der Waals surface area contributed by atoms with Crippen molar-refractivity contribution in [1.29, 1.82) is 0 Å². The van der Waals surface area contributed by atoms with Crippen LogP contribution in [0, 0.1) is 0 Å². The summed E-state index contributed by atoms with van der Waals surface area (Å²) in [4.78, 5) is 13.0. The first-order chi connectivity index (χ1) is 7.56. The average Bonchev–Trinajstić information content (AvgIpc) is 2.66. The van der Waals surface area contributed by atoms with Crippen molar-refractivity contribution < 1.29 is 14.3 Å². The second kappa shape index (κ2) is 5.70. The van der Waals surface area contributed by atoms with Crippen LogP contribution in [0.5, 0.6) is 0 Å². The summed E-state index contributed by atoms with van der Waals surface area (Å²) in [6, 6.07) is 1.92. The summed E-state index contributed by atoms with van der Waals surface area (Å²) in [7, 11) is 1.98. The van der Waals surface area contributed by atoms with Crippen molar-refractivity contribution in [1.82, 2.24) is 4.90 Å². The molecule has 1 aromatic rings. The fraction of sp³-hybridized carbons (Fsp3) is 0.583. The Balaban J connectivity index is 2.65. The number of carbonyl (C=O) groups is 1. The third-order valence-electron chi connectivity index (χ3n) is 2.83. The van der Waals surface area contributed by atoms with E-state index in [-0.39, 0.29) is 5.56 Å². The van der Waals surface area contributed by atoms with E-state index in [0.717, 1.165) is 12.8 Å². The van der Waals surface area contributed by atoms with Gasteiger partial charge in [0.15, 0.2) is 0 Å². The molecule has 0 radical (unpaired) electrons. The lowest BCUT2D eigenvalue weighted by Gasteiger charge is -2.23. The van der Waals surface area contributed by atoms with E-state index in [1.807, 2.05) is 7.05 Å². The number of nitrogens with zero attached hydrogens (tertiary/aromatic N) is 1. The SMILES string of the molecule is CCCC(C)N(C)Cc1occc1C(=O)O. The third kappa shape index (κ3) is 3.10. The molecule has 4 nitrogen and oxygen atoms in total. The summed E-state index contributed by atoms with van der Waals surface area (Å²) in [5.41, 5.74) is 0.260.